The first-order valence-electron chi connectivity index (χ1n) is 11.4. The maximum Gasteiger partial charge on any atom is 0.118 e. The van der Waals surface area contributed by atoms with Crippen LogP contribution in [-0.2, 0) is 13.0 Å². The van der Waals surface area contributed by atoms with Crippen molar-refractivity contribution in [3.05, 3.63) is 71.9 Å². The lowest BCUT2D eigenvalue weighted by Gasteiger charge is -2.30. The summed E-state index contributed by atoms with van der Waals surface area (Å²) < 4.78 is 5.20. The zero-order valence-corrected chi connectivity index (χ0v) is 18.7. The number of piperidine rings is 1. The fraction of sp³-hybridized carbons (Fsp3) is 0.385. The Hall–Kier alpha value is -2.96. The number of aryl methyl sites for hydroxylation is 1. The minimum atomic E-state index is -0.173. The molecule has 2 N–H and O–H groups in total. The standard InChI is InChI=1S/C26H32N4O2/c1-32-25-13-8-21(9-14-25)26-15-12-23(28-29-26)4-2-16-27-22-10-6-20(7-11-22)18-30-17-3-5-24(31)19-30/h6-15,24,27,31H,2-5,16-19H2,1H3. The smallest absolute Gasteiger partial charge is 0.118 e. The fourth-order valence-corrected chi connectivity index (χ4v) is 4.07. The van der Waals surface area contributed by atoms with Crippen LogP contribution in [0.2, 0.25) is 0 Å². The maximum absolute atomic E-state index is 9.82. The SMILES string of the molecule is COc1ccc(-c2ccc(CCCNc3ccc(CN4CCCC(O)C4)cc3)nn2)cc1. The van der Waals surface area contributed by atoms with E-state index in [-0.39, 0.29) is 6.10 Å². The first-order valence-corrected chi connectivity index (χ1v) is 11.4. The van der Waals surface area contributed by atoms with Gasteiger partial charge in [-0.25, -0.2) is 0 Å². The van der Waals surface area contributed by atoms with Gasteiger partial charge in [-0.3, -0.25) is 4.90 Å². The van der Waals surface area contributed by atoms with Gasteiger partial charge in [-0.15, -0.1) is 0 Å². The van der Waals surface area contributed by atoms with Crippen molar-refractivity contribution in [1.82, 2.24) is 15.1 Å². The lowest BCUT2D eigenvalue weighted by atomic mass is 10.1. The van der Waals surface area contributed by atoms with Crippen molar-refractivity contribution in [3.63, 3.8) is 0 Å². The Balaban J connectivity index is 1.19. The van der Waals surface area contributed by atoms with E-state index in [1.807, 2.05) is 30.3 Å². The molecule has 2 aromatic carbocycles. The molecule has 0 radical (unpaired) electrons. The number of ether oxygens (including phenoxy) is 1. The van der Waals surface area contributed by atoms with E-state index in [4.69, 9.17) is 4.74 Å². The summed E-state index contributed by atoms with van der Waals surface area (Å²) in [4.78, 5) is 2.33. The summed E-state index contributed by atoms with van der Waals surface area (Å²) in [5.41, 5.74) is 5.33. The molecule has 0 saturated carbocycles. The normalized spacial score (nSPS) is 16.6. The largest absolute Gasteiger partial charge is 0.497 e. The first kappa shape index (κ1) is 22.2. The number of aromatic nitrogens is 2. The van der Waals surface area contributed by atoms with Crippen LogP contribution in [0.15, 0.2) is 60.7 Å². The molecule has 0 aliphatic carbocycles. The topological polar surface area (TPSA) is 70.5 Å². The van der Waals surface area contributed by atoms with Crippen molar-refractivity contribution >= 4 is 5.69 Å². The number of aliphatic hydroxyl groups excluding tert-OH is 1. The Labute approximate surface area is 190 Å². The van der Waals surface area contributed by atoms with Crippen molar-refractivity contribution < 1.29 is 9.84 Å². The van der Waals surface area contributed by atoms with Gasteiger partial charge in [0.2, 0.25) is 0 Å². The third kappa shape index (κ3) is 6.28. The van der Waals surface area contributed by atoms with Gasteiger partial charge in [0, 0.05) is 30.9 Å². The Morgan fingerprint density at radius 2 is 1.84 bits per heavy atom. The van der Waals surface area contributed by atoms with Crippen molar-refractivity contribution in [1.29, 1.82) is 0 Å². The van der Waals surface area contributed by atoms with Crippen molar-refractivity contribution in [2.24, 2.45) is 0 Å². The molecule has 1 aliphatic heterocycles. The van der Waals surface area contributed by atoms with E-state index >= 15 is 0 Å². The lowest BCUT2D eigenvalue weighted by Crippen LogP contribution is -2.37. The van der Waals surface area contributed by atoms with Gasteiger partial charge in [0.1, 0.15) is 5.75 Å². The zero-order valence-electron chi connectivity index (χ0n) is 18.7. The van der Waals surface area contributed by atoms with Gasteiger partial charge >= 0.3 is 0 Å². The average molecular weight is 433 g/mol. The van der Waals surface area contributed by atoms with Crippen molar-refractivity contribution in [3.8, 4) is 17.0 Å². The average Bonchev–Trinajstić information content (AvgIpc) is 2.83. The molecule has 1 saturated heterocycles. The first-order chi connectivity index (χ1) is 15.7. The minimum Gasteiger partial charge on any atom is -0.497 e. The number of nitrogens with one attached hydrogen (secondary N) is 1. The molecule has 1 aliphatic rings. The molecule has 32 heavy (non-hydrogen) atoms. The summed E-state index contributed by atoms with van der Waals surface area (Å²) in [7, 11) is 1.66. The second-order valence-electron chi connectivity index (χ2n) is 8.40. The Morgan fingerprint density at radius 3 is 2.53 bits per heavy atom. The molecular formula is C26H32N4O2. The maximum atomic E-state index is 9.82. The summed E-state index contributed by atoms with van der Waals surface area (Å²) in [6, 6.07) is 20.6. The summed E-state index contributed by atoms with van der Waals surface area (Å²) in [6.45, 7) is 3.65. The van der Waals surface area contributed by atoms with Crippen molar-refractivity contribution in [2.45, 2.75) is 38.3 Å². The summed E-state index contributed by atoms with van der Waals surface area (Å²) in [5, 5.41) is 22.1. The molecule has 1 fully saturated rings. The molecule has 0 amide bonds. The Kier molecular flexibility index (Phi) is 7.69. The van der Waals surface area contributed by atoms with Crippen LogP contribution in [0.3, 0.4) is 0 Å². The quantitative estimate of drug-likeness (QED) is 0.495. The van der Waals surface area contributed by atoms with E-state index in [0.717, 1.165) is 80.3 Å². The second-order valence-corrected chi connectivity index (χ2v) is 8.40. The Bertz CT molecular complexity index is 959. The molecule has 6 nitrogen and oxygen atoms in total. The number of benzene rings is 2. The molecule has 0 bridgehead atoms. The predicted octanol–water partition coefficient (Wildman–Crippen LogP) is 4.15. The van der Waals surface area contributed by atoms with Crippen LogP contribution in [0, 0.1) is 0 Å². The fourth-order valence-electron chi connectivity index (χ4n) is 4.07. The molecular weight excluding hydrogens is 400 g/mol. The van der Waals surface area contributed by atoms with Gasteiger partial charge in [-0.2, -0.15) is 10.2 Å². The van der Waals surface area contributed by atoms with Gasteiger partial charge in [0.15, 0.2) is 0 Å². The van der Waals surface area contributed by atoms with Gasteiger partial charge in [0.05, 0.1) is 24.6 Å². The summed E-state index contributed by atoms with van der Waals surface area (Å²) >= 11 is 0. The highest BCUT2D eigenvalue weighted by Crippen LogP contribution is 2.20. The van der Waals surface area contributed by atoms with Crippen LogP contribution in [0.5, 0.6) is 5.75 Å². The molecule has 1 atom stereocenters. The van der Waals surface area contributed by atoms with E-state index in [1.165, 1.54) is 5.56 Å². The van der Waals surface area contributed by atoms with E-state index < -0.39 is 0 Å². The molecule has 1 unspecified atom stereocenters. The number of hydrogen-bond acceptors (Lipinski definition) is 6. The Morgan fingerprint density at radius 1 is 1.03 bits per heavy atom. The van der Waals surface area contributed by atoms with Crippen LogP contribution in [0.1, 0.15) is 30.5 Å². The number of nitrogens with zero attached hydrogens (tertiary/aromatic N) is 3. The highest BCUT2D eigenvalue weighted by Gasteiger charge is 2.17. The van der Waals surface area contributed by atoms with Gasteiger partial charge in [0.25, 0.3) is 0 Å². The summed E-state index contributed by atoms with van der Waals surface area (Å²) in [5.74, 6) is 0.835. The van der Waals surface area contributed by atoms with Crippen LogP contribution >= 0.6 is 0 Å². The molecule has 4 rings (SSSR count). The third-order valence-corrected chi connectivity index (χ3v) is 5.89. The minimum absolute atomic E-state index is 0.173. The van der Waals surface area contributed by atoms with Crippen molar-refractivity contribution in [2.75, 3.05) is 32.1 Å². The number of hydrogen-bond donors (Lipinski definition) is 2. The molecule has 2 heterocycles. The number of aliphatic hydroxyl groups is 1. The molecule has 3 aromatic rings. The number of anilines is 1. The van der Waals surface area contributed by atoms with E-state index in [2.05, 4.69) is 50.7 Å². The lowest BCUT2D eigenvalue weighted by molar-refractivity contribution is 0.0668. The molecule has 6 heteroatoms. The van der Waals surface area contributed by atoms with Crippen LogP contribution in [-0.4, -0.2) is 53.1 Å². The molecule has 1 aromatic heterocycles. The van der Waals surface area contributed by atoms with Crippen LogP contribution < -0.4 is 10.1 Å². The zero-order chi connectivity index (χ0) is 22.2. The van der Waals surface area contributed by atoms with Gasteiger partial charge in [-0.05, 0) is 86.3 Å². The second kappa shape index (κ2) is 11.1. The summed E-state index contributed by atoms with van der Waals surface area (Å²) in [6.07, 6.45) is 3.71. The van der Waals surface area contributed by atoms with E-state index in [9.17, 15) is 5.11 Å². The van der Waals surface area contributed by atoms with Gasteiger partial charge in [-0.1, -0.05) is 12.1 Å². The third-order valence-electron chi connectivity index (χ3n) is 5.89. The van der Waals surface area contributed by atoms with Gasteiger partial charge < -0.3 is 15.2 Å². The number of methoxy groups -OCH3 is 1. The number of rotatable bonds is 9. The highest BCUT2D eigenvalue weighted by atomic mass is 16.5. The number of likely N-dealkylation sites (tertiary alicyclic amines) is 1. The molecule has 0 spiro atoms. The van der Waals surface area contributed by atoms with E-state index in [0.29, 0.717) is 0 Å². The van der Waals surface area contributed by atoms with Crippen LogP contribution in [0.4, 0.5) is 5.69 Å². The highest BCUT2D eigenvalue weighted by molar-refractivity contribution is 5.59. The van der Waals surface area contributed by atoms with Crippen LogP contribution in [0.25, 0.3) is 11.3 Å². The predicted molar refractivity (Wildman–Crippen MR) is 128 cm³/mol. The number of β-amino-alcohol motifs (C(OH)–C–C–N with tert-alkyl or cyclic N) is 1. The van der Waals surface area contributed by atoms with E-state index in [1.54, 1.807) is 7.11 Å². The molecule has 168 valence electrons. The monoisotopic (exact) mass is 432 g/mol.